The van der Waals surface area contributed by atoms with Gasteiger partial charge >= 0.3 is 0 Å². The number of hydrogen-bond donors (Lipinski definition) is 2. The number of methoxy groups -OCH3 is 1. The van der Waals surface area contributed by atoms with E-state index < -0.39 is 15.7 Å². The molecule has 0 bridgehead atoms. The second-order valence-electron chi connectivity index (χ2n) is 5.64. The predicted octanol–water partition coefficient (Wildman–Crippen LogP) is 2.43. The first kappa shape index (κ1) is 24.0. The molecule has 148 valence electrons. The maximum Gasteiger partial charge on any atom is 0.239 e. The van der Waals surface area contributed by atoms with E-state index in [0.717, 1.165) is 0 Å². The van der Waals surface area contributed by atoms with Gasteiger partial charge in [-0.2, -0.15) is 0 Å². The highest BCUT2D eigenvalue weighted by Gasteiger charge is 2.44. The van der Waals surface area contributed by atoms with E-state index in [0.29, 0.717) is 11.7 Å². The second-order valence-corrected chi connectivity index (χ2v) is 8.93. The number of benzene rings is 1. The van der Waals surface area contributed by atoms with Crippen LogP contribution in [0.2, 0.25) is 10.0 Å². The van der Waals surface area contributed by atoms with Gasteiger partial charge < -0.3 is 14.7 Å². The molecule has 1 aromatic rings. The highest BCUT2D eigenvalue weighted by Crippen LogP contribution is 2.42. The van der Waals surface area contributed by atoms with Crippen LogP contribution in [0.3, 0.4) is 0 Å². The second kappa shape index (κ2) is 8.95. The SMILES string of the molecule is Br.COC(C)CN=C1SCC(O)(c2cc(S(N)(=O)=O)c(Cl)cc2Cl)N1C. The lowest BCUT2D eigenvalue weighted by Gasteiger charge is -2.32. The summed E-state index contributed by atoms with van der Waals surface area (Å²) in [7, 11) is -0.816. The van der Waals surface area contributed by atoms with Gasteiger partial charge in [-0.15, -0.1) is 17.0 Å². The third-order valence-electron chi connectivity index (χ3n) is 3.89. The molecule has 0 aliphatic carbocycles. The van der Waals surface area contributed by atoms with Crippen LogP contribution < -0.4 is 5.14 Å². The molecule has 1 heterocycles. The molecule has 1 saturated heterocycles. The summed E-state index contributed by atoms with van der Waals surface area (Å²) in [6.07, 6.45) is -0.0664. The van der Waals surface area contributed by atoms with Crippen molar-refractivity contribution in [3.8, 4) is 0 Å². The van der Waals surface area contributed by atoms with Crippen LogP contribution in [0, 0.1) is 0 Å². The lowest BCUT2D eigenvalue weighted by molar-refractivity contribution is -0.0350. The van der Waals surface area contributed by atoms with Crippen molar-refractivity contribution in [1.82, 2.24) is 4.90 Å². The molecular weight excluding hydrogens is 489 g/mol. The maximum absolute atomic E-state index is 11.7. The summed E-state index contributed by atoms with van der Waals surface area (Å²) in [6, 6.07) is 2.47. The van der Waals surface area contributed by atoms with Crippen LogP contribution in [0.1, 0.15) is 12.5 Å². The van der Waals surface area contributed by atoms with Gasteiger partial charge in [0.1, 0.15) is 4.90 Å². The van der Waals surface area contributed by atoms with Crippen molar-refractivity contribution in [2.75, 3.05) is 26.5 Å². The Morgan fingerprint density at radius 3 is 2.62 bits per heavy atom. The molecule has 0 saturated carbocycles. The van der Waals surface area contributed by atoms with Gasteiger partial charge in [-0.05, 0) is 19.1 Å². The predicted molar refractivity (Wildman–Crippen MR) is 111 cm³/mol. The van der Waals surface area contributed by atoms with Gasteiger partial charge in [0.15, 0.2) is 10.9 Å². The number of primary sulfonamides is 1. The topological polar surface area (TPSA) is 105 Å². The molecule has 0 amide bonds. The number of nitrogens with two attached hydrogens (primary N) is 1. The molecular formula is C14H20BrCl2N3O4S2. The monoisotopic (exact) mass is 507 g/mol. The lowest BCUT2D eigenvalue weighted by atomic mass is 10.0. The molecule has 2 unspecified atom stereocenters. The maximum atomic E-state index is 11.7. The number of aliphatic imine (C=N–C) groups is 1. The third kappa shape index (κ3) is 4.85. The van der Waals surface area contributed by atoms with Crippen molar-refractivity contribution in [2.45, 2.75) is 23.6 Å². The Morgan fingerprint density at radius 1 is 1.46 bits per heavy atom. The van der Waals surface area contributed by atoms with Crippen LogP contribution in [-0.2, 0) is 20.5 Å². The van der Waals surface area contributed by atoms with Crippen LogP contribution in [0.15, 0.2) is 22.0 Å². The van der Waals surface area contributed by atoms with Crippen molar-refractivity contribution in [3.05, 3.63) is 27.7 Å². The first-order valence-corrected chi connectivity index (χ1v) is 10.5. The van der Waals surface area contributed by atoms with Gasteiger partial charge in [-0.3, -0.25) is 4.99 Å². The average Bonchev–Trinajstić information content (AvgIpc) is 2.80. The molecule has 7 nitrogen and oxygen atoms in total. The van der Waals surface area contributed by atoms with E-state index in [-0.39, 0.29) is 49.3 Å². The Bertz CT molecular complexity index is 810. The fourth-order valence-electron chi connectivity index (χ4n) is 2.26. The number of amidine groups is 1. The number of hydrogen-bond acceptors (Lipinski definition) is 6. The zero-order valence-corrected chi connectivity index (χ0v) is 19.1. The van der Waals surface area contributed by atoms with E-state index >= 15 is 0 Å². The van der Waals surface area contributed by atoms with Gasteiger partial charge in [0, 0.05) is 19.7 Å². The summed E-state index contributed by atoms with van der Waals surface area (Å²) < 4.78 is 28.6. The highest BCUT2D eigenvalue weighted by molar-refractivity contribution is 8.93. The number of nitrogens with zero attached hydrogens (tertiary/aromatic N) is 2. The average molecular weight is 509 g/mol. The zero-order valence-electron chi connectivity index (χ0n) is 14.3. The van der Waals surface area contributed by atoms with E-state index in [1.807, 2.05) is 6.92 Å². The Kier molecular flexibility index (Phi) is 8.25. The molecule has 0 aromatic heterocycles. The van der Waals surface area contributed by atoms with Crippen molar-refractivity contribution >= 4 is 67.1 Å². The summed E-state index contributed by atoms with van der Waals surface area (Å²) in [4.78, 5) is 5.67. The third-order valence-corrected chi connectivity index (χ3v) is 6.79. The molecule has 1 aliphatic rings. The van der Waals surface area contributed by atoms with Crippen LogP contribution in [0.25, 0.3) is 0 Å². The summed E-state index contributed by atoms with van der Waals surface area (Å²) >= 11 is 13.5. The summed E-state index contributed by atoms with van der Waals surface area (Å²) in [5.74, 6) is 0.217. The van der Waals surface area contributed by atoms with Crippen molar-refractivity contribution in [1.29, 1.82) is 0 Å². The summed E-state index contributed by atoms with van der Waals surface area (Å²) in [5, 5.41) is 16.9. The minimum absolute atomic E-state index is 0. The fraction of sp³-hybridized carbons (Fsp3) is 0.500. The van der Waals surface area contributed by atoms with E-state index in [1.165, 1.54) is 23.9 Å². The highest BCUT2D eigenvalue weighted by atomic mass is 79.9. The van der Waals surface area contributed by atoms with E-state index in [4.69, 9.17) is 33.1 Å². The smallest absolute Gasteiger partial charge is 0.239 e. The molecule has 26 heavy (non-hydrogen) atoms. The van der Waals surface area contributed by atoms with Crippen LogP contribution >= 0.6 is 51.9 Å². The van der Waals surface area contributed by atoms with Gasteiger partial charge in [0.05, 0.1) is 28.4 Å². The van der Waals surface area contributed by atoms with Crippen molar-refractivity contribution in [3.63, 3.8) is 0 Å². The summed E-state index contributed by atoms with van der Waals surface area (Å²) in [5.41, 5.74) is -1.34. The Balaban J connectivity index is 0.00000338. The zero-order chi connectivity index (χ0) is 19.0. The van der Waals surface area contributed by atoms with E-state index in [9.17, 15) is 13.5 Å². The van der Waals surface area contributed by atoms with Crippen molar-refractivity contribution < 1.29 is 18.3 Å². The minimum Gasteiger partial charge on any atom is -0.380 e. The van der Waals surface area contributed by atoms with Crippen molar-refractivity contribution in [2.24, 2.45) is 10.1 Å². The molecule has 12 heteroatoms. The molecule has 1 aromatic carbocycles. The number of thioether (sulfide) groups is 1. The molecule has 2 rings (SSSR count). The van der Waals surface area contributed by atoms with E-state index in [2.05, 4.69) is 4.99 Å². The standard InChI is InChI=1S/C14H19Cl2N3O4S2.BrH/c1-8(23-3)6-18-13-19(2)14(20,7-24-13)9-4-12(25(17,21)22)11(16)5-10(9)15;/h4-5,8,20H,6-7H2,1-3H3,(H2,17,21,22);1H. The Morgan fingerprint density at radius 2 is 2.08 bits per heavy atom. The lowest BCUT2D eigenvalue weighted by Crippen LogP contribution is -2.42. The van der Waals surface area contributed by atoms with Gasteiger partial charge in [0.2, 0.25) is 10.0 Å². The number of aliphatic hydroxyl groups is 1. The molecule has 1 fully saturated rings. The molecule has 1 aliphatic heterocycles. The molecule has 3 N–H and O–H groups in total. The molecule has 0 spiro atoms. The quantitative estimate of drug-likeness (QED) is 0.632. The number of rotatable bonds is 5. The van der Waals surface area contributed by atoms with Gasteiger partial charge in [-0.1, -0.05) is 35.0 Å². The van der Waals surface area contributed by atoms with Crippen LogP contribution in [-0.4, -0.2) is 56.2 Å². The summed E-state index contributed by atoms with van der Waals surface area (Å²) in [6.45, 7) is 2.31. The first-order chi connectivity index (χ1) is 11.5. The number of sulfonamides is 1. The number of ether oxygens (including phenoxy) is 1. The van der Waals surface area contributed by atoms with E-state index in [1.54, 1.807) is 19.1 Å². The van der Waals surface area contributed by atoms with Gasteiger partial charge in [-0.25, -0.2) is 13.6 Å². The number of halogens is 3. The molecule has 2 atom stereocenters. The Hall–Kier alpha value is -0.0700. The Labute approximate surface area is 177 Å². The molecule has 0 radical (unpaired) electrons. The largest absolute Gasteiger partial charge is 0.380 e. The fourth-order valence-corrected chi connectivity index (χ4v) is 4.92. The van der Waals surface area contributed by atoms with Gasteiger partial charge in [0.25, 0.3) is 0 Å². The van der Waals surface area contributed by atoms with Crippen LogP contribution in [0.5, 0.6) is 0 Å². The first-order valence-electron chi connectivity index (χ1n) is 7.19. The van der Waals surface area contributed by atoms with Crippen LogP contribution in [0.4, 0.5) is 0 Å². The normalized spacial score (nSPS) is 23.2. The minimum atomic E-state index is -4.06.